The molecule has 0 fully saturated rings. The van der Waals surface area contributed by atoms with E-state index in [9.17, 15) is 4.79 Å². The minimum Gasteiger partial charge on any atom is -0.342 e. The molecular weight excluding hydrogens is 290 g/mol. The van der Waals surface area contributed by atoms with Gasteiger partial charge in [0, 0.05) is 25.2 Å². The molecule has 0 spiro atoms. The molecule has 1 atom stereocenters. The summed E-state index contributed by atoms with van der Waals surface area (Å²) in [5.74, 6) is 0.426. The van der Waals surface area contributed by atoms with Gasteiger partial charge in [-0.15, -0.1) is 0 Å². The van der Waals surface area contributed by atoms with E-state index in [1.165, 1.54) is 6.33 Å². The summed E-state index contributed by atoms with van der Waals surface area (Å²) in [4.78, 5) is 18.4. The molecular formula is C17H25N5O. The Morgan fingerprint density at radius 1 is 1.35 bits per heavy atom. The van der Waals surface area contributed by atoms with E-state index in [1.807, 2.05) is 31.3 Å². The second kappa shape index (κ2) is 7.87. The predicted octanol–water partition coefficient (Wildman–Crippen LogP) is 1.77. The van der Waals surface area contributed by atoms with Gasteiger partial charge in [-0.25, -0.2) is 9.67 Å². The summed E-state index contributed by atoms with van der Waals surface area (Å²) in [6, 6.07) is 7.72. The molecule has 0 aliphatic heterocycles. The maximum absolute atomic E-state index is 12.7. The molecule has 1 aromatic carbocycles. The van der Waals surface area contributed by atoms with Gasteiger partial charge in [-0.05, 0) is 24.0 Å². The number of carbonyl (C=O) groups is 1. The van der Waals surface area contributed by atoms with E-state index in [4.69, 9.17) is 5.73 Å². The minimum absolute atomic E-state index is 0.0108. The van der Waals surface area contributed by atoms with Gasteiger partial charge >= 0.3 is 0 Å². The first kappa shape index (κ1) is 17.1. The first-order valence-electron chi connectivity index (χ1n) is 7.90. The number of hydrogen-bond acceptors (Lipinski definition) is 4. The van der Waals surface area contributed by atoms with Crippen LogP contribution >= 0.6 is 0 Å². The molecule has 6 heteroatoms. The van der Waals surface area contributed by atoms with E-state index < -0.39 is 0 Å². The van der Waals surface area contributed by atoms with Gasteiger partial charge in [-0.1, -0.05) is 32.0 Å². The van der Waals surface area contributed by atoms with Gasteiger partial charge < -0.3 is 10.6 Å². The van der Waals surface area contributed by atoms with E-state index in [0.29, 0.717) is 24.6 Å². The lowest BCUT2D eigenvalue weighted by Gasteiger charge is -2.22. The van der Waals surface area contributed by atoms with Gasteiger partial charge in [-0.3, -0.25) is 4.79 Å². The minimum atomic E-state index is 0.0108. The number of aromatic nitrogens is 3. The van der Waals surface area contributed by atoms with Crippen LogP contribution in [0.15, 0.2) is 36.9 Å². The van der Waals surface area contributed by atoms with E-state index in [0.717, 1.165) is 12.0 Å². The zero-order chi connectivity index (χ0) is 16.8. The second-order valence-electron chi connectivity index (χ2n) is 6.17. The van der Waals surface area contributed by atoms with E-state index in [1.54, 1.807) is 15.9 Å². The van der Waals surface area contributed by atoms with Crippen LogP contribution in [0.3, 0.4) is 0 Å². The molecule has 23 heavy (non-hydrogen) atoms. The lowest BCUT2D eigenvalue weighted by molar-refractivity contribution is 0.0788. The molecule has 0 bridgehead atoms. The third-order valence-corrected chi connectivity index (χ3v) is 4.05. The number of nitrogens with two attached hydrogens (primary N) is 1. The van der Waals surface area contributed by atoms with Gasteiger partial charge in [0.05, 0.1) is 6.54 Å². The molecule has 0 aliphatic carbocycles. The van der Waals surface area contributed by atoms with Crippen molar-refractivity contribution in [2.24, 2.45) is 11.7 Å². The zero-order valence-electron chi connectivity index (χ0n) is 14.0. The number of amides is 1. The van der Waals surface area contributed by atoms with Crippen LogP contribution in [0, 0.1) is 5.92 Å². The number of rotatable bonds is 7. The molecule has 2 rings (SSSR count). The fraction of sp³-hybridized carbons (Fsp3) is 0.471. The Balaban J connectivity index is 2.06. The summed E-state index contributed by atoms with van der Waals surface area (Å²) in [5, 5.41) is 4.10. The van der Waals surface area contributed by atoms with Crippen LogP contribution < -0.4 is 5.73 Å². The molecule has 2 aromatic rings. The van der Waals surface area contributed by atoms with Crippen LogP contribution in [0.4, 0.5) is 0 Å². The Bertz CT molecular complexity index is 624. The van der Waals surface area contributed by atoms with Crippen molar-refractivity contribution in [3.63, 3.8) is 0 Å². The topological polar surface area (TPSA) is 77.0 Å². The summed E-state index contributed by atoms with van der Waals surface area (Å²) in [6.45, 7) is 5.37. The molecule has 124 valence electrons. The molecule has 0 saturated carbocycles. The van der Waals surface area contributed by atoms with Crippen LogP contribution in [-0.4, -0.2) is 45.2 Å². The molecule has 6 nitrogen and oxygen atoms in total. The van der Waals surface area contributed by atoms with Crippen LogP contribution in [-0.2, 0) is 6.54 Å². The maximum atomic E-state index is 12.7. The first-order valence-corrected chi connectivity index (χ1v) is 7.90. The molecule has 1 unspecified atom stereocenters. The average molecular weight is 315 g/mol. The van der Waals surface area contributed by atoms with Gasteiger partial charge in [0.2, 0.25) is 0 Å². The van der Waals surface area contributed by atoms with Crippen molar-refractivity contribution in [2.75, 3.05) is 13.6 Å². The van der Waals surface area contributed by atoms with Crippen molar-refractivity contribution in [1.82, 2.24) is 19.7 Å². The van der Waals surface area contributed by atoms with Crippen molar-refractivity contribution in [3.8, 4) is 0 Å². The van der Waals surface area contributed by atoms with Crippen LogP contribution in [0.2, 0.25) is 0 Å². The molecule has 2 N–H and O–H groups in total. The highest BCUT2D eigenvalue weighted by molar-refractivity contribution is 5.95. The average Bonchev–Trinajstić information content (AvgIpc) is 3.05. The van der Waals surface area contributed by atoms with Crippen molar-refractivity contribution >= 4 is 5.91 Å². The summed E-state index contributed by atoms with van der Waals surface area (Å²) in [7, 11) is 1.82. The van der Waals surface area contributed by atoms with Crippen LogP contribution in [0.25, 0.3) is 0 Å². The largest absolute Gasteiger partial charge is 0.342 e. The number of nitrogens with zero attached hydrogens (tertiary/aromatic N) is 4. The molecule has 0 aliphatic rings. The highest BCUT2D eigenvalue weighted by Crippen LogP contribution is 2.13. The highest BCUT2D eigenvalue weighted by Gasteiger charge is 2.17. The van der Waals surface area contributed by atoms with Crippen molar-refractivity contribution in [2.45, 2.75) is 32.9 Å². The monoisotopic (exact) mass is 315 g/mol. The molecule has 1 amide bonds. The Kier molecular flexibility index (Phi) is 5.87. The van der Waals surface area contributed by atoms with Gasteiger partial charge in [0.15, 0.2) is 0 Å². The molecule has 1 aromatic heterocycles. The van der Waals surface area contributed by atoms with Crippen LogP contribution in [0.5, 0.6) is 0 Å². The molecule has 1 heterocycles. The van der Waals surface area contributed by atoms with Crippen molar-refractivity contribution < 1.29 is 4.79 Å². The lowest BCUT2D eigenvalue weighted by Crippen LogP contribution is -2.35. The SMILES string of the molecule is CC(C)C(N)CCN(C)C(=O)c1ccccc1Cn1cncn1. The molecule has 0 saturated heterocycles. The normalized spacial score (nSPS) is 12.4. The third-order valence-electron chi connectivity index (χ3n) is 4.05. The first-order chi connectivity index (χ1) is 11.0. The number of hydrogen-bond donors (Lipinski definition) is 1. The summed E-state index contributed by atoms with van der Waals surface area (Å²) in [5.41, 5.74) is 7.70. The lowest BCUT2D eigenvalue weighted by atomic mass is 10.0. The Morgan fingerprint density at radius 2 is 2.09 bits per heavy atom. The highest BCUT2D eigenvalue weighted by atomic mass is 16.2. The summed E-state index contributed by atoms with van der Waals surface area (Å²) >= 11 is 0. The van der Waals surface area contributed by atoms with Crippen molar-refractivity contribution in [3.05, 3.63) is 48.0 Å². The fourth-order valence-electron chi connectivity index (χ4n) is 2.34. The predicted molar refractivity (Wildman–Crippen MR) is 90.0 cm³/mol. The quantitative estimate of drug-likeness (QED) is 0.845. The maximum Gasteiger partial charge on any atom is 0.253 e. The Hall–Kier alpha value is -2.21. The summed E-state index contributed by atoms with van der Waals surface area (Å²) < 4.78 is 1.71. The zero-order valence-corrected chi connectivity index (χ0v) is 14.0. The van der Waals surface area contributed by atoms with Gasteiger partial charge in [0.25, 0.3) is 5.91 Å². The van der Waals surface area contributed by atoms with Gasteiger partial charge in [-0.2, -0.15) is 5.10 Å². The number of carbonyl (C=O) groups excluding carboxylic acids is 1. The van der Waals surface area contributed by atoms with E-state index >= 15 is 0 Å². The van der Waals surface area contributed by atoms with Crippen molar-refractivity contribution in [1.29, 1.82) is 0 Å². The second-order valence-corrected chi connectivity index (χ2v) is 6.17. The standard InChI is InChI=1S/C17H25N5O/c1-13(2)16(18)8-9-21(3)17(23)15-7-5-4-6-14(15)10-22-12-19-11-20-22/h4-7,11-13,16H,8-10,18H2,1-3H3. The van der Waals surface area contributed by atoms with Crippen LogP contribution in [0.1, 0.15) is 36.2 Å². The molecule has 0 radical (unpaired) electrons. The Morgan fingerprint density at radius 3 is 2.74 bits per heavy atom. The number of benzene rings is 1. The summed E-state index contributed by atoms with van der Waals surface area (Å²) in [6.07, 6.45) is 3.93. The van der Waals surface area contributed by atoms with E-state index in [-0.39, 0.29) is 11.9 Å². The smallest absolute Gasteiger partial charge is 0.253 e. The Labute approximate surface area is 137 Å². The fourth-order valence-corrected chi connectivity index (χ4v) is 2.34. The third kappa shape index (κ3) is 4.63. The van der Waals surface area contributed by atoms with E-state index in [2.05, 4.69) is 23.9 Å². The van der Waals surface area contributed by atoms with Gasteiger partial charge in [0.1, 0.15) is 12.7 Å².